The number of imide groups is 1. The molecular formula is C23H37N3O5. The van der Waals surface area contributed by atoms with Gasteiger partial charge in [-0.3, -0.25) is 14.5 Å². The van der Waals surface area contributed by atoms with E-state index in [9.17, 15) is 14.4 Å². The van der Waals surface area contributed by atoms with E-state index >= 15 is 0 Å². The lowest BCUT2D eigenvalue weighted by atomic mass is 9.65. The molecule has 3 heterocycles. The maximum absolute atomic E-state index is 13.2. The summed E-state index contributed by atoms with van der Waals surface area (Å²) < 4.78 is 11.2. The van der Waals surface area contributed by atoms with Crippen molar-refractivity contribution in [1.29, 1.82) is 0 Å². The molecule has 1 aliphatic carbocycles. The van der Waals surface area contributed by atoms with Crippen molar-refractivity contribution in [3.63, 3.8) is 0 Å². The molecule has 0 radical (unpaired) electrons. The Morgan fingerprint density at radius 1 is 1.16 bits per heavy atom. The lowest BCUT2D eigenvalue weighted by molar-refractivity contribution is -0.144. The molecule has 0 bridgehead atoms. The smallest absolute Gasteiger partial charge is 0.325 e. The summed E-state index contributed by atoms with van der Waals surface area (Å²) in [6.07, 6.45) is 5.82. The Labute approximate surface area is 185 Å². The van der Waals surface area contributed by atoms with Gasteiger partial charge in [0.1, 0.15) is 12.1 Å². The monoisotopic (exact) mass is 435 g/mol. The summed E-state index contributed by atoms with van der Waals surface area (Å²) in [6, 6.07) is -0.428. The molecule has 8 heteroatoms. The van der Waals surface area contributed by atoms with Crippen LogP contribution in [0.15, 0.2) is 0 Å². The Morgan fingerprint density at radius 3 is 2.48 bits per heavy atom. The van der Waals surface area contributed by atoms with Gasteiger partial charge in [-0.05, 0) is 49.9 Å². The number of hydrogen-bond donors (Lipinski definition) is 1. The highest BCUT2D eigenvalue weighted by molar-refractivity contribution is 6.09. The van der Waals surface area contributed by atoms with Crippen LogP contribution in [0.4, 0.5) is 4.79 Å². The van der Waals surface area contributed by atoms with Crippen molar-refractivity contribution in [2.45, 2.75) is 77.5 Å². The topological polar surface area (TPSA) is 88.2 Å². The van der Waals surface area contributed by atoms with Gasteiger partial charge in [0.2, 0.25) is 5.91 Å². The molecule has 3 saturated heterocycles. The number of hydrogen-bond acceptors (Lipinski definition) is 5. The molecule has 0 aromatic heterocycles. The van der Waals surface area contributed by atoms with Gasteiger partial charge >= 0.3 is 6.03 Å². The zero-order chi connectivity index (χ0) is 22.2. The predicted octanol–water partition coefficient (Wildman–Crippen LogP) is 2.51. The minimum atomic E-state index is -0.826. The van der Waals surface area contributed by atoms with Crippen molar-refractivity contribution in [2.24, 2.45) is 17.3 Å². The Morgan fingerprint density at radius 2 is 1.84 bits per heavy atom. The van der Waals surface area contributed by atoms with E-state index in [1.54, 1.807) is 4.90 Å². The minimum absolute atomic E-state index is 0.145. The molecule has 174 valence electrons. The van der Waals surface area contributed by atoms with Gasteiger partial charge in [-0.25, -0.2) is 4.79 Å². The zero-order valence-electron chi connectivity index (χ0n) is 19.2. The first-order chi connectivity index (χ1) is 14.8. The standard InChI is InChI=1S/C23H37N3O5/c1-4-22(2,3)17-7-9-23(10-8-17)20(28)26(21(29)24-23)15-18(27)25-11-5-6-16(14-25)19-30-12-13-31-19/h16-17,19H,4-15H2,1-3H3,(H,24,29). The molecule has 0 aromatic rings. The van der Waals surface area contributed by atoms with Gasteiger partial charge in [0, 0.05) is 19.0 Å². The highest BCUT2D eigenvalue weighted by atomic mass is 16.7. The van der Waals surface area contributed by atoms with Crippen LogP contribution in [0.2, 0.25) is 0 Å². The Bertz CT molecular complexity index is 710. The van der Waals surface area contributed by atoms with Crippen LogP contribution in [-0.2, 0) is 19.1 Å². The van der Waals surface area contributed by atoms with Gasteiger partial charge in [-0.15, -0.1) is 0 Å². The van der Waals surface area contributed by atoms with Crippen LogP contribution < -0.4 is 5.32 Å². The van der Waals surface area contributed by atoms with Crippen molar-refractivity contribution in [3.05, 3.63) is 0 Å². The number of rotatable bonds is 5. The summed E-state index contributed by atoms with van der Waals surface area (Å²) in [7, 11) is 0. The fraction of sp³-hybridized carbons (Fsp3) is 0.870. The van der Waals surface area contributed by atoms with Gasteiger partial charge in [0.15, 0.2) is 6.29 Å². The maximum Gasteiger partial charge on any atom is 0.325 e. The third kappa shape index (κ3) is 4.33. The van der Waals surface area contributed by atoms with E-state index in [0.717, 1.165) is 37.0 Å². The van der Waals surface area contributed by atoms with Crippen molar-refractivity contribution in [1.82, 2.24) is 15.1 Å². The maximum atomic E-state index is 13.2. The van der Waals surface area contributed by atoms with E-state index < -0.39 is 11.6 Å². The Kier molecular flexibility index (Phi) is 6.32. The van der Waals surface area contributed by atoms with Gasteiger partial charge in [0.05, 0.1) is 13.2 Å². The normalized spacial score (nSPS) is 32.7. The molecule has 4 fully saturated rings. The molecule has 4 rings (SSSR count). The number of carbonyl (C=O) groups is 3. The highest BCUT2D eigenvalue weighted by Gasteiger charge is 2.54. The first-order valence-electron chi connectivity index (χ1n) is 11.9. The number of carbonyl (C=O) groups excluding carboxylic acids is 3. The molecule has 1 saturated carbocycles. The minimum Gasteiger partial charge on any atom is -0.350 e. The fourth-order valence-electron chi connectivity index (χ4n) is 5.68. The van der Waals surface area contributed by atoms with E-state index in [1.165, 1.54) is 0 Å². The second-order valence-corrected chi connectivity index (χ2v) is 10.4. The predicted molar refractivity (Wildman–Crippen MR) is 114 cm³/mol. The molecular weight excluding hydrogens is 398 g/mol. The molecule has 31 heavy (non-hydrogen) atoms. The van der Waals surface area contributed by atoms with Crippen LogP contribution in [0.1, 0.15) is 65.7 Å². The van der Waals surface area contributed by atoms with Gasteiger partial charge in [0.25, 0.3) is 5.91 Å². The quantitative estimate of drug-likeness (QED) is 0.671. The lowest BCUT2D eigenvalue weighted by Crippen LogP contribution is -2.51. The number of ether oxygens (including phenoxy) is 2. The van der Waals surface area contributed by atoms with Gasteiger partial charge in [-0.1, -0.05) is 27.2 Å². The highest BCUT2D eigenvalue weighted by Crippen LogP contribution is 2.45. The van der Waals surface area contributed by atoms with E-state index in [4.69, 9.17) is 9.47 Å². The largest absolute Gasteiger partial charge is 0.350 e. The zero-order valence-corrected chi connectivity index (χ0v) is 19.2. The SMILES string of the molecule is CCC(C)(C)C1CCC2(CC1)NC(=O)N(CC(=O)N1CCCC(C3OCCO3)C1)C2=O. The van der Waals surface area contributed by atoms with Crippen LogP contribution in [0.25, 0.3) is 0 Å². The van der Waals surface area contributed by atoms with Crippen molar-refractivity contribution < 1.29 is 23.9 Å². The van der Waals surface area contributed by atoms with Crippen LogP contribution in [0, 0.1) is 17.3 Å². The third-order valence-electron chi connectivity index (χ3n) is 8.24. The van der Waals surface area contributed by atoms with Crippen molar-refractivity contribution in [2.75, 3.05) is 32.8 Å². The van der Waals surface area contributed by atoms with Gasteiger partial charge in [-0.2, -0.15) is 0 Å². The van der Waals surface area contributed by atoms with Crippen LogP contribution in [0.3, 0.4) is 0 Å². The molecule has 1 unspecified atom stereocenters. The Balaban J connectivity index is 1.35. The molecule has 8 nitrogen and oxygen atoms in total. The molecule has 1 spiro atoms. The summed E-state index contributed by atoms with van der Waals surface area (Å²) in [5.74, 6) is 0.291. The van der Waals surface area contributed by atoms with Crippen molar-refractivity contribution >= 4 is 17.8 Å². The number of nitrogens with one attached hydrogen (secondary N) is 1. The average Bonchev–Trinajstić information content (AvgIpc) is 3.38. The molecule has 1 N–H and O–H groups in total. The number of piperidine rings is 1. The van der Waals surface area contributed by atoms with Crippen LogP contribution in [-0.4, -0.2) is 72.3 Å². The number of nitrogens with zero attached hydrogens (tertiary/aromatic N) is 2. The summed E-state index contributed by atoms with van der Waals surface area (Å²) in [5.41, 5.74) is -0.589. The fourth-order valence-corrected chi connectivity index (χ4v) is 5.68. The molecule has 3 aliphatic heterocycles. The number of urea groups is 1. The van der Waals surface area contributed by atoms with E-state index in [0.29, 0.717) is 45.1 Å². The molecule has 0 aromatic carbocycles. The summed E-state index contributed by atoms with van der Waals surface area (Å²) in [5, 5.41) is 2.95. The van der Waals surface area contributed by atoms with Crippen LogP contribution in [0.5, 0.6) is 0 Å². The molecule has 4 aliphatic rings. The Hall–Kier alpha value is -1.67. The summed E-state index contributed by atoms with van der Waals surface area (Å²) in [4.78, 5) is 41.8. The van der Waals surface area contributed by atoms with E-state index in [-0.39, 0.29) is 36.0 Å². The molecule has 1 atom stereocenters. The first-order valence-corrected chi connectivity index (χ1v) is 11.9. The first kappa shape index (κ1) is 22.5. The second-order valence-electron chi connectivity index (χ2n) is 10.4. The van der Waals surface area contributed by atoms with E-state index in [1.807, 2.05) is 0 Å². The average molecular weight is 436 g/mol. The third-order valence-corrected chi connectivity index (χ3v) is 8.24. The number of amides is 4. The second kappa shape index (κ2) is 8.70. The van der Waals surface area contributed by atoms with Crippen molar-refractivity contribution in [3.8, 4) is 0 Å². The number of likely N-dealkylation sites (tertiary alicyclic amines) is 1. The van der Waals surface area contributed by atoms with E-state index in [2.05, 4.69) is 26.1 Å². The van der Waals surface area contributed by atoms with Crippen LogP contribution >= 0.6 is 0 Å². The summed E-state index contributed by atoms with van der Waals surface area (Å²) in [6.45, 7) is 8.96. The van der Waals surface area contributed by atoms with Gasteiger partial charge < -0.3 is 19.7 Å². The summed E-state index contributed by atoms with van der Waals surface area (Å²) >= 11 is 0. The molecule has 4 amide bonds. The lowest BCUT2D eigenvalue weighted by Gasteiger charge is -2.42.